The Balaban J connectivity index is 1.71. The number of carbonyl (C=O) groups excluding carboxylic acids is 1. The van der Waals surface area contributed by atoms with Gasteiger partial charge in [0.2, 0.25) is 0 Å². The predicted molar refractivity (Wildman–Crippen MR) is 101 cm³/mol. The zero-order valence-corrected chi connectivity index (χ0v) is 15.8. The van der Waals surface area contributed by atoms with Crippen molar-refractivity contribution in [3.05, 3.63) is 65.0 Å². The van der Waals surface area contributed by atoms with Crippen LogP contribution in [0.25, 0.3) is 5.82 Å². The van der Waals surface area contributed by atoms with Crippen LogP contribution in [0, 0.1) is 13.8 Å². The van der Waals surface area contributed by atoms with E-state index < -0.39 is 0 Å². The molecule has 0 aliphatic carbocycles. The Labute approximate surface area is 156 Å². The molecule has 0 atom stereocenters. The van der Waals surface area contributed by atoms with E-state index in [4.69, 9.17) is 4.74 Å². The summed E-state index contributed by atoms with van der Waals surface area (Å²) in [6.45, 7) is 5.99. The lowest BCUT2D eigenvalue weighted by Gasteiger charge is -2.05. The molecule has 0 aliphatic heterocycles. The number of nitrogens with zero attached hydrogens (tertiary/aromatic N) is 4. The first-order valence-electron chi connectivity index (χ1n) is 8.32. The monoisotopic (exact) mass is 368 g/mol. The molecule has 0 saturated carbocycles. The van der Waals surface area contributed by atoms with Crippen LogP contribution in [-0.2, 0) is 10.5 Å². The maximum Gasteiger partial charge on any atom is 0.341 e. The number of aromatic nitrogens is 4. The van der Waals surface area contributed by atoms with E-state index in [2.05, 4.69) is 46.5 Å². The molecule has 3 rings (SSSR count). The van der Waals surface area contributed by atoms with E-state index in [0.29, 0.717) is 23.7 Å². The van der Waals surface area contributed by atoms with Crippen molar-refractivity contribution in [1.82, 2.24) is 20.0 Å². The number of thioether (sulfide) groups is 1. The molecule has 0 bridgehead atoms. The number of rotatable bonds is 6. The fourth-order valence-corrected chi connectivity index (χ4v) is 3.27. The summed E-state index contributed by atoms with van der Waals surface area (Å²) in [6.07, 6.45) is 1.50. The number of esters is 1. The van der Waals surface area contributed by atoms with E-state index in [9.17, 15) is 4.79 Å². The van der Waals surface area contributed by atoms with Crippen molar-refractivity contribution in [3.63, 3.8) is 0 Å². The number of benzene rings is 1. The van der Waals surface area contributed by atoms with Gasteiger partial charge in [-0.25, -0.2) is 9.48 Å². The van der Waals surface area contributed by atoms with Crippen LogP contribution >= 0.6 is 11.8 Å². The molecule has 1 aromatic carbocycles. The van der Waals surface area contributed by atoms with Crippen molar-refractivity contribution < 1.29 is 9.53 Å². The third-order valence-electron chi connectivity index (χ3n) is 3.82. The normalized spacial score (nSPS) is 10.7. The highest BCUT2D eigenvalue weighted by molar-refractivity contribution is 7.98. The average Bonchev–Trinajstić information content (AvgIpc) is 3.02. The van der Waals surface area contributed by atoms with Crippen LogP contribution in [0.15, 0.2) is 47.6 Å². The topological polar surface area (TPSA) is 69.9 Å². The zero-order chi connectivity index (χ0) is 18.5. The smallest absolute Gasteiger partial charge is 0.341 e. The minimum atomic E-state index is -0.380. The van der Waals surface area contributed by atoms with Gasteiger partial charge in [-0.2, -0.15) is 5.10 Å². The maximum absolute atomic E-state index is 11.9. The van der Waals surface area contributed by atoms with Crippen molar-refractivity contribution in [3.8, 4) is 5.82 Å². The third kappa shape index (κ3) is 4.11. The summed E-state index contributed by atoms with van der Waals surface area (Å²) in [5.74, 6) is 1.02. The molecular formula is C19H20N4O2S. The zero-order valence-electron chi connectivity index (χ0n) is 15.0. The van der Waals surface area contributed by atoms with Gasteiger partial charge in [-0.05, 0) is 38.5 Å². The fraction of sp³-hybridized carbons (Fsp3) is 0.263. The molecule has 2 heterocycles. The van der Waals surface area contributed by atoms with Crippen LogP contribution in [0.2, 0.25) is 0 Å². The van der Waals surface area contributed by atoms with Crippen LogP contribution in [0.4, 0.5) is 0 Å². The fourth-order valence-electron chi connectivity index (χ4n) is 2.51. The summed E-state index contributed by atoms with van der Waals surface area (Å²) in [7, 11) is 0. The van der Waals surface area contributed by atoms with Gasteiger partial charge in [-0.3, -0.25) is 0 Å². The molecule has 0 amide bonds. The highest BCUT2D eigenvalue weighted by Crippen LogP contribution is 2.21. The Bertz CT molecular complexity index is 906. The predicted octanol–water partition coefficient (Wildman–Crippen LogP) is 3.75. The first-order chi connectivity index (χ1) is 12.6. The van der Waals surface area contributed by atoms with Gasteiger partial charge in [0.05, 0.1) is 18.5 Å². The summed E-state index contributed by atoms with van der Waals surface area (Å²) in [5, 5.41) is 13.6. The molecule has 0 aliphatic rings. The second kappa shape index (κ2) is 8.14. The maximum atomic E-state index is 11.9. The number of hydrogen-bond donors (Lipinski definition) is 0. The van der Waals surface area contributed by atoms with Gasteiger partial charge in [-0.1, -0.05) is 41.6 Å². The number of aryl methyl sites for hydroxylation is 1. The van der Waals surface area contributed by atoms with Gasteiger partial charge in [0, 0.05) is 5.75 Å². The lowest BCUT2D eigenvalue weighted by Crippen LogP contribution is -2.08. The van der Waals surface area contributed by atoms with Crippen molar-refractivity contribution in [2.45, 2.75) is 31.6 Å². The highest BCUT2D eigenvalue weighted by Gasteiger charge is 2.16. The third-order valence-corrected chi connectivity index (χ3v) is 4.81. The van der Waals surface area contributed by atoms with Crippen molar-refractivity contribution in [2.75, 3.05) is 6.61 Å². The van der Waals surface area contributed by atoms with Crippen LogP contribution < -0.4 is 0 Å². The van der Waals surface area contributed by atoms with Crippen molar-refractivity contribution in [2.24, 2.45) is 0 Å². The summed E-state index contributed by atoms with van der Waals surface area (Å²) in [4.78, 5) is 11.9. The highest BCUT2D eigenvalue weighted by atomic mass is 32.2. The molecule has 0 saturated heterocycles. The van der Waals surface area contributed by atoms with E-state index in [1.165, 1.54) is 17.3 Å². The number of hydrogen-bond acceptors (Lipinski definition) is 6. The van der Waals surface area contributed by atoms with Crippen LogP contribution in [0.1, 0.15) is 34.1 Å². The largest absolute Gasteiger partial charge is 0.462 e. The van der Waals surface area contributed by atoms with E-state index in [1.807, 2.05) is 12.1 Å². The van der Waals surface area contributed by atoms with Gasteiger partial charge in [0.15, 0.2) is 5.82 Å². The molecule has 0 spiro atoms. The summed E-state index contributed by atoms with van der Waals surface area (Å²) < 4.78 is 6.62. The summed E-state index contributed by atoms with van der Waals surface area (Å²) in [5.41, 5.74) is 3.61. The Kier molecular flexibility index (Phi) is 5.68. The van der Waals surface area contributed by atoms with E-state index in [-0.39, 0.29) is 5.97 Å². The van der Waals surface area contributed by atoms with E-state index in [0.717, 1.165) is 10.8 Å². The number of carbonyl (C=O) groups is 1. The van der Waals surface area contributed by atoms with Gasteiger partial charge in [-0.15, -0.1) is 10.2 Å². The Morgan fingerprint density at radius 3 is 2.73 bits per heavy atom. The van der Waals surface area contributed by atoms with Gasteiger partial charge >= 0.3 is 5.97 Å². The first-order valence-corrected chi connectivity index (χ1v) is 9.31. The standard InChI is InChI=1S/C19H20N4O2S/c1-4-25-19(24)16-11-20-23(14(16)3)17-8-9-18(22-21-17)26-12-15-7-5-6-13(2)10-15/h5-11H,4,12H2,1-3H3. The lowest BCUT2D eigenvalue weighted by molar-refractivity contribution is 0.0525. The van der Waals surface area contributed by atoms with E-state index in [1.54, 1.807) is 30.3 Å². The molecule has 2 aromatic heterocycles. The molecule has 7 heteroatoms. The Morgan fingerprint density at radius 2 is 2.04 bits per heavy atom. The molecule has 0 unspecified atom stereocenters. The molecule has 0 fully saturated rings. The SMILES string of the molecule is CCOC(=O)c1cnn(-c2ccc(SCc3cccc(C)c3)nn2)c1C. The molecule has 6 nitrogen and oxygen atoms in total. The van der Waals surface area contributed by atoms with Gasteiger partial charge in [0.25, 0.3) is 0 Å². The van der Waals surface area contributed by atoms with Gasteiger partial charge < -0.3 is 4.74 Å². The molecular weight excluding hydrogens is 348 g/mol. The molecule has 134 valence electrons. The second-order valence-electron chi connectivity index (χ2n) is 5.78. The number of ether oxygens (including phenoxy) is 1. The molecule has 0 radical (unpaired) electrons. The quantitative estimate of drug-likeness (QED) is 0.487. The van der Waals surface area contributed by atoms with Crippen molar-refractivity contribution in [1.29, 1.82) is 0 Å². The van der Waals surface area contributed by atoms with Crippen molar-refractivity contribution >= 4 is 17.7 Å². The Morgan fingerprint density at radius 1 is 1.19 bits per heavy atom. The minimum absolute atomic E-state index is 0.329. The lowest BCUT2D eigenvalue weighted by atomic mass is 10.2. The van der Waals surface area contributed by atoms with Crippen LogP contribution in [0.5, 0.6) is 0 Å². The minimum Gasteiger partial charge on any atom is -0.462 e. The van der Waals surface area contributed by atoms with Crippen LogP contribution in [-0.4, -0.2) is 32.6 Å². The van der Waals surface area contributed by atoms with Gasteiger partial charge in [0.1, 0.15) is 10.6 Å². The summed E-state index contributed by atoms with van der Waals surface area (Å²) >= 11 is 1.63. The van der Waals surface area contributed by atoms with Crippen LogP contribution in [0.3, 0.4) is 0 Å². The average molecular weight is 368 g/mol. The molecule has 26 heavy (non-hydrogen) atoms. The molecule has 0 N–H and O–H groups in total. The molecule has 3 aromatic rings. The second-order valence-corrected chi connectivity index (χ2v) is 6.78. The summed E-state index contributed by atoms with van der Waals surface area (Å²) in [6, 6.07) is 12.2. The van der Waals surface area contributed by atoms with E-state index >= 15 is 0 Å². The Hall–Kier alpha value is -2.67. The first kappa shape index (κ1) is 18.1.